The zero-order valence-corrected chi connectivity index (χ0v) is 11.4. The highest BCUT2D eigenvalue weighted by molar-refractivity contribution is 5.75. The van der Waals surface area contributed by atoms with E-state index in [-0.39, 0.29) is 0 Å². The van der Waals surface area contributed by atoms with Crippen molar-refractivity contribution in [2.45, 2.75) is 27.7 Å². The Morgan fingerprint density at radius 3 is 2.33 bits per heavy atom. The first-order chi connectivity index (χ1) is 8.59. The smallest absolute Gasteiger partial charge is 0.0705 e. The molecule has 0 N–H and O–H groups in total. The number of rotatable bonds is 0. The Balaban J connectivity index is 2.17. The van der Waals surface area contributed by atoms with Gasteiger partial charge in [-0.1, -0.05) is 6.07 Å². The Bertz CT molecular complexity index is 606. The van der Waals surface area contributed by atoms with E-state index in [1.54, 1.807) is 0 Å². The minimum Gasteiger partial charge on any atom is -0.261 e. The van der Waals surface area contributed by atoms with Gasteiger partial charge in [0.1, 0.15) is 0 Å². The van der Waals surface area contributed by atoms with Gasteiger partial charge in [-0.15, -0.1) is 0 Å². The maximum absolute atomic E-state index is 2.21. The van der Waals surface area contributed by atoms with E-state index in [9.17, 15) is 0 Å². The van der Waals surface area contributed by atoms with Gasteiger partial charge in [-0.05, 0) is 62.6 Å². The normalized spacial score (nSPS) is 17.1. The van der Waals surface area contributed by atoms with Gasteiger partial charge in [0.25, 0.3) is 0 Å². The van der Waals surface area contributed by atoms with Crippen LogP contribution in [0.4, 0.5) is 5.69 Å². The molecule has 2 aliphatic rings. The number of aryl methyl sites for hydroxylation is 1. The maximum atomic E-state index is 2.21. The van der Waals surface area contributed by atoms with Crippen molar-refractivity contribution in [2.24, 2.45) is 0 Å². The van der Waals surface area contributed by atoms with E-state index in [1.165, 1.54) is 33.6 Å². The fourth-order valence-corrected chi connectivity index (χ4v) is 2.48. The molecule has 2 nitrogen and oxygen atoms in total. The van der Waals surface area contributed by atoms with Crippen molar-refractivity contribution in [3.05, 3.63) is 58.6 Å². The second-order valence-corrected chi connectivity index (χ2v) is 5.03. The van der Waals surface area contributed by atoms with Gasteiger partial charge in [-0.25, -0.2) is 0 Å². The third-order valence-electron chi connectivity index (χ3n) is 4.00. The lowest BCUT2D eigenvalue weighted by molar-refractivity contribution is 0.457. The van der Waals surface area contributed by atoms with Crippen molar-refractivity contribution in [3.8, 4) is 0 Å². The summed E-state index contributed by atoms with van der Waals surface area (Å²) in [6.07, 6.45) is 8.67. The largest absolute Gasteiger partial charge is 0.261 e. The lowest BCUT2D eigenvalue weighted by atomic mass is 9.99. The summed E-state index contributed by atoms with van der Waals surface area (Å²) < 4.78 is 0. The molecule has 1 aromatic carbocycles. The molecule has 0 atom stereocenters. The fraction of sp³-hybridized carbons (Fsp3) is 0.250. The zero-order valence-electron chi connectivity index (χ0n) is 11.4. The number of hydrogen-bond acceptors (Lipinski definition) is 2. The molecule has 0 radical (unpaired) electrons. The first-order valence-corrected chi connectivity index (χ1v) is 6.32. The number of nitrogens with zero attached hydrogens (tertiary/aromatic N) is 2. The van der Waals surface area contributed by atoms with Crippen LogP contribution in [0.15, 0.2) is 41.9 Å². The summed E-state index contributed by atoms with van der Waals surface area (Å²) >= 11 is 0. The number of benzene rings is 1. The summed E-state index contributed by atoms with van der Waals surface area (Å²) in [5.41, 5.74) is 7.87. The van der Waals surface area contributed by atoms with Gasteiger partial charge in [-0.2, -0.15) is 0 Å². The summed E-state index contributed by atoms with van der Waals surface area (Å²) in [6, 6.07) is 4.40. The molecule has 2 heteroatoms. The molecule has 92 valence electrons. The molecular formula is C16H18N2. The number of anilines is 1. The van der Waals surface area contributed by atoms with Gasteiger partial charge in [0.15, 0.2) is 0 Å². The van der Waals surface area contributed by atoms with E-state index in [0.717, 1.165) is 0 Å². The highest BCUT2D eigenvalue weighted by Gasteiger charge is 2.23. The Hall–Kier alpha value is -1.96. The predicted octanol–water partition coefficient (Wildman–Crippen LogP) is 4.13. The summed E-state index contributed by atoms with van der Waals surface area (Å²) in [7, 11) is 0. The molecule has 0 saturated heterocycles. The van der Waals surface area contributed by atoms with Crippen LogP contribution < -0.4 is 5.01 Å². The first kappa shape index (κ1) is 11.1. The second-order valence-electron chi connectivity index (χ2n) is 5.03. The highest BCUT2D eigenvalue weighted by Crippen LogP contribution is 2.36. The first-order valence-electron chi connectivity index (χ1n) is 6.32. The topological polar surface area (TPSA) is 6.48 Å². The van der Waals surface area contributed by atoms with Crippen molar-refractivity contribution in [1.29, 1.82) is 0 Å². The molecule has 0 bridgehead atoms. The van der Waals surface area contributed by atoms with Crippen molar-refractivity contribution >= 4 is 11.8 Å². The van der Waals surface area contributed by atoms with E-state index in [2.05, 4.69) is 74.4 Å². The molecule has 0 spiro atoms. The molecule has 2 heterocycles. The van der Waals surface area contributed by atoms with Crippen LogP contribution in [-0.4, -0.2) is 5.01 Å². The minimum absolute atomic E-state index is 1.25. The zero-order chi connectivity index (χ0) is 12.9. The number of allylic oxidation sites excluding steroid dienone is 3. The van der Waals surface area contributed by atoms with E-state index in [0.29, 0.717) is 0 Å². The fourth-order valence-electron chi connectivity index (χ4n) is 2.48. The predicted molar refractivity (Wildman–Crippen MR) is 76.8 cm³/mol. The Morgan fingerprint density at radius 2 is 1.56 bits per heavy atom. The lowest BCUT2D eigenvalue weighted by Gasteiger charge is -2.40. The number of hydrazine groups is 1. The molecule has 0 aromatic heterocycles. The van der Waals surface area contributed by atoms with E-state index < -0.39 is 0 Å². The molecule has 0 unspecified atom stereocenters. The summed E-state index contributed by atoms with van der Waals surface area (Å²) in [4.78, 5) is 0. The number of hydrogen-bond donors (Lipinski definition) is 0. The molecule has 2 aliphatic heterocycles. The standard InChI is InChI=1S/C16H18N2/c1-11-5-6-16-15(13(11)3)8-10-17-14(4)12(2)7-9-18(16)17/h5-10H,1-4H3. The van der Waals surface area contributed by atoms with Crippen LogP contribution in [0.5, 0.6) is 0 Å². The van der Waals surface area contributed by atoms with Crippen LogP contribution in [0.2, 0.25) is 0 Å². The minimum atomic E-state index is 1.25. The Kier molecular flexibility index (Phi) is 2.34. The Morgan fingerprint density at radius 1 is 0.833 bits per heavy atom. The molecule has 1 aromatic rings. The van der Waals surface area contributed by atoms with Crippen LogP contribution in [-0.2, 0) is 0 Å². The van der Waals surface area contributed by atoms with Crippen LogP contribution in [0.1, 0.15) is 30.5 Å². The van der Waals surface area contributed by atoms with E-state index in [1.807, 2.05) is 0 Å². The average molecular weight is 238 g/mol. The molecular weight excluding hydrogens is 220 g/mol. The molecule has 3 rings (SSSR count). The van der Waals surface area contributed by atoms with Crippen LogP contribution in [0.25, 0.3) is 6.08 Å². The van der Waals surface area contributed by atoms with Gasteiger partial charge >= 0.3 is 0 Å². The van der Waals surface area contributed by atoms with Gasteiger partial charge in [0, 0.05) is 23.7 Å². The summed E-state index contributed by atoms with van der Waals surface area (Å²) in [6.45, 7) is 8.65. The quantitative estimate of drug-likeness (QED) is 0.670. The molecule has 0 aliphatic carbocycles. The maximum Gasteiger partial charge on any atom is 0.0705 e. The van der Waals surface area contributed by atoms with E-state index >= 15 is 0 Å². The van der Waals surface area contributed by atoms with Crippen molar-refractivity contribution in [1.82, 2.24) is 5.01 Å². The second kappa shape index (κ2) is 3.77. The van der Waals surface area contributed by atoms with Gasteiger partial charge in [-0.3, -0.25) is 10.0 Å². The summed E-state index contributed by atoms with van der Waals surface area (Å²) in [5.74, 6) is 0. The summed E-state index contributed by atoms with van der Waals surface area (Å²) in [5, 5.41) is 4.41. The van der Waals surface area contributed by atoms with Crippen LogP contribution >= 0.6 is 0 Å². The van der Waals surface area contributed by atoms with Crippen molar-refractivity contribution < 1.29 is 0 Å². The molecule has 0 fully saturated rings. The van der Waals surface area contributed by atoms with Gasteiger partial charge < -0.3 is 0 Å². The van der Waals surface area contributed by atoms with E-state index in [4.69, 9.17) is 0 Å². The highest BCUT2D eigenvalue weighted by atomic mass is 15.6. The molecule has 0 saturated carbocycles. The third-order valence-corrected chi connectivity index (χ3v) is 4.00. The SMILES string of the molecule is CC1=C(C)N2C=Cc3c(ccc(C)c3C)N2C=C1. The van der Waals surface area contributed by atoms with Gasteiger partial charge in [0.2, 0.25) is 0 Å². The van der Waals surface area contributed by atoms with Crippen molar-refractivity contribution in [2.75, 3.05) is 5.01 Å². The van der Waals surface area contributed by atoms with Crippen molar-refractivity contribution in [3.63, 3.8) is 0 Å². The third kappa shape index (κ3) is 1.42. The monoisotopic (exact) mass is 238 g/mol. The number of fused-ring (bicyclic) bond motifs is 3. The lowest BCUT2D eigenvalue weighted by Crippen LogP contribution is -2.38. The average Bonchev–Trinajstić information content (AvgIpc) is 2.38. The Labute approximate surface area is 108 Å². The van der Waals surface area contributed by atoms with Crippen LogP contribution in [0.3, 0.4) is 0 Å². The molecule has 18 heavy (non-hydrogen) atoms. The van der Waals surface area contributed by atoms with Gasteiger partial charge in [0.05, 0.1) is 5.69 Å². The molecule has 0 amide bonds. The van der Waals surface area contributed by atoms with Crippen LogP contribution in [0, 0.1) is 13.8 Å².